The number of rotatable bonds is 6. The summed E-state index contributed by atoms with van der Waals surface area (Å²) in [6.07, 6.45) is 1.96. The summed E-state index contributed by atoms with van der Waals surface area (Å²) in [6.45, 7) is 0. The van der Waals surface area contributed by atoms with Crippen molar-refractivity contribution in [3.05, 3.63) is 81.2 Å². The Labute approximate surface area is 183 Å². The van der Waals surface area contributed by atoms with Gasteiger partial charge in [-0.2, -0.15) is 0 Å². The highest BCUT2D eigenvalue weighted by Crippen LogP contribution is 2.33. The van der Waals surface area contributed by atoms with Crippen molar-refractivity contribution >= 4 is 45.1 Å². The van der Waals surface area contributed by atoms with E-state index in [9.17, 15) is 29.8 Å². The van der Waals surface area contributed by atoms with Gasteiger partial charge >= 0.3 is 11.9 Å². The summed E-state index contributed by atoms with van der Waals surface area (Å²) < 4.78 is 10.4. The topological polar surface area (TPSA) is 165 Å². The average molecular weight is 448 g/mol. The van der Waals surface area contributed by atoms with Crippen molar-refractivity contribution in [2.45, 2.75) is 6.42 Å². The Morgan fingerprint density at radius 2 is 1.15 bits per heavy atom. The Morgan fingerprint density at radius 1 is 0.727 bits per heavy atom. The van der Waals surface area contributed by atoms with Crippen LogP contribution in [0.15, 0.2) is 60.9 Å². The number of carbonyl (C=O) groups is 2. The Bertz CT molecular complexity index is 1340. The molecular weight excluding hydrogens is 436 g/mol. The minimum absolute atomic E-state index is 0.0588. The molecule has 0 saturated carbocycles. The SMILES string of the molecule is O=C(CC(=O)Oc1ccc([N+](=O)[O-])c2cccnc12)Oc1ccc([N+](=O)[O-])c2cccnc12. The van der Waals surface area contributed by atoms with E-state index in [1.54, 1.807) is 0 Å². The summed E-state index contributed by atoms with van der Waals surface area (Å²) in [5.74, 6) is -2.09. The number of hydrogen-bond acceptors (Lipinski definition) is 10. The second kappa shape index (κ2) is 8.63. The molecule has 0 unspecified atom stereocenters. The first-order valence-corrected chi connectivity index (χ1v) is 9.31. The number of ether oxygens (including phenoxy) is 2. The van der Waals surface area contributed by atoms with Crippen LogP contribution < -0.4 is 9.47 Å². The second-order valence-corrected chi connectivity index (χ2v) is 6.60. The molecule has 0 aliphatic carbocycles. The lowest BCUT2D eigenvalue weighted by atomic mass is 10.1. The first-order valence-electron chi connectivity index (χ1n) is 9.31. The molecule has 2 heterocycles. The minimum Gasteiger partial charge on any atom is -0.424 e. The maximum Gasteiger partial charge on any atom is 0.322 e. The van der Waals surface area contributed by atoms with Crippen molar-refractivity contribution < 1.29 is 28.9 Å². The molecule has 2 aromatic carbocycles. The molecule has 0 aliphatic heterocycles. The summed E-state index contributed by atoms with van der Waals surface area (Å²) >= 11 is 0. The van der Waals surface area contributed by atoms with Crippen LogP contribution in [0, 0.1) is 20.2 Å². The van der Waals surface area contributed by atoms with Crippen LogP contribution >= 0.6 is 0 Å². The monoisotopic (exact) mass is 448 g/mol. The predicted octanol–water partition coefficient (Wildman–Crippen LogP) is 3.50. The number of nitro benzene ring substituents is 2. The molecule has 0 N–H and O–H groups in total. The molecule has 33 heavy (non-hydrogen) atoms. The van der Waals surface area contributed by atoms with Gasteiger partial charge in [-0.05, 0) is 36.4 Å². The second-order valence-electron chi connectivity index (χ2n) is 6.60. The van der Waals surface area contributed by atoms with E-state index in [2.05, 4.69) is 9.97 Å². The van der Waals surface area contributed by atoms with Gasteiger partial charge in [0, 0.05) is 24.5 Å². The number of nitrogens with zero attached hydrogens (tertiary/aromatic N) is 4. The fourth-order valence-corrected chi connectivity index (χ4v) is 3.18. The van der Waals surface area contributed by atoms with Crippen molar-refractivity contribution in [2.24, 2.45) is 0 Å². The van der Waals surface area contributed by atoms with Crippen LogP contribution in [0.5, 0.6) is 11.5 Å². The van der Waals surface area contributed by atoms with Crippen LogP contribution in [0.3, 0.4) is 0 Å². The summed E-state index contributed by atoms with van der Waals surface area (Å²) in [5.41, 5.74) is -0.261. The van der Waals surface area contributed by atoms with Crippen LogP contribution in [0.25, 0.3) is 21.8 Å². The molecule has 0 amide bonds. The van der Waals surface area contributed by atoms with Crippen molar-refractivity contribution in [1.29, 1.82) is 0 Å². The Hall–Kier alpha value is -5.00. The third-order valence-electron chi connectivity index (χ3n) is 4.55. The first kappa shape index (κ1) is 21.2. The van der Waals surface area contributed by atoms with Gasteiger partial charge in [0.25, 0.3) is 11.4 Å². The van der Waals surface area contributed by atoms with Crippen LogP contribution in [0.4, 0.5) is 11.4 Å². The van der Waals surface area contributed by atoms with Gasteiger partial charge < -0.3 is 9.47 Å². The van der Waals surface area contributed by atoms with Crippen LogP contribution in [-0.4, -0.2) is 31.8 Å². The number of benzene rings is 2. The molecule has 0 atom stereocenters. The highest BCUT2D eigenvalue weighted by atomic mass is 16.6. The predicted molar refractivity (Wildman–Crippen MR) is 113 cm³/mol. The van der Waals surface area contributed by atoms with Crippen molar-refractivity contribution in [1.82, 2.24) is 9.97 Å². The zero-order valence-electron chi connectivity index (χ0n) is 16.5. The molecule has 0 radical (unpaired) electrons. The molecular formula is C21H12N4O8. The molecule has 0 bridgehead atoms. The van der Waals surface area contributed by atoms with Gasteiger partial charge in [0.2, 0.25) is 0 Å². The number of aromatic nitrogens is 2. The highest BCUT2D eigenvalue weighted by Gasteiger charge is 2.21. The third kappa shape index (κ3) is 4.25. The standard InChI is InChI=1S/C21H12N4O8/c26-18(32-16-7-5-14(24(28)29)12-3-1-9-22-20(12)16)11-19(27)33-17-8-6-15(25(30)31)13-4-2-10-23-21(13)17/h1-10H,11H2. The molecule has 4 rings (SSSR count). The van der Waals surface area contributed by atoms with Gasteiger partial charge in [-0.25, -0.2) is 0 Å². The summed E-state index contributed by atoms with van der Waals surface area (Å²) in [4.78, 5) is 53.8. The molecule has 0 saturated heterocycles. The fourth-order valence-electron chi connectivity index (χ4n) is 3.18. The van der Waals surface area contributed by atoms with E-state index in [-0.39, 0.29) is 44.7 Å². The van der Waals surface area contributed by atoms with Crippen LogP contribution in [0.1, 0.15) is 6.42 Å². The number of esters is 2. The molecule has 0 aliphatic rings. The van der Waals surface area contributed by atoms with E-state index in [4.69, 9.17) is 9.47 Å². The fraction of sp³-hybridized carbons (Fsp3) is 0.0476. The van der Waals surface area contributed by atoms with E-state index < -0.39 is 28.2 Å². The van der Waals surface area contributed by atoms with Gasteiger partial charge in [-0.15, -0.1) is 0 Å². The molecule has 0 spiro atoms. The Balaban J connectivity index is 1.52. The van der Waals surface area contributed by atoms with E-state index in [1.807, 2.05) is 0 Å². The molecule has 2 aromatic heterocycles. The summed E-state index contributed by atoms with van der Waals surface area (Å²) in [5, 5.41) is 22.7. The maximum absolute atomic E-state index is 12.3. The number of pyridine rings is 2. The number of nitro groups is 2. The average Bonchev–Trinajstić information content (AvgIpc) is 2.79. The van der Waals surface area contributed by atoms with E-state index >= 15 is 0 Å². The van der Waals surface area contributed by atoms with E-state index in [0.29, 0.717) is 0 Å². The number of hydrogen-bond donors (Lipinski definition) is 0. The van der Waals surface area contributed by atoms with E-state index in [0.717, 1.165) is 0 Å². The van der Waals surface area contributed by atoms with Gasteiger partial charge in [0.1, 0.15) is 17.5 Å². The zero-order chi connectivity index (χ0) is 23.5. The Morgan fingerprint density at radius 3 is 1.55 bits per heavy atom. The quantitative estimate of drug-likeness (QED) is 0.140. The lowest BCUT2D eigenvalue weighted by molar-refractivity contribution is -0.383. The minimum atomic E-state index is -0.986. The lowest BCUT2D eigenvalue weighted by Crippen LogP contribution is -2.18. The van der Waals surface area contributed by atoms with Crippen molar-refractivity contribution in [2.75, 3.05) is 0 Å². The molecule has 164 valence electrons. The van der Waals surface area contributed by atoms with Gasteiger partial charge in [0.15, 0.2) is 11.5 Å². The first-order chi connectivity index (χ1) is 15.8. The molecule has 12 nitrogen and oxygen atoms in total. The number of non-ortho nitro benzene ring substituents is 2. The highest BCUT2D eigenvalue weighted by molar-refractivity contribution is 5.98. The molecule has 12 heteroatoms. The summed E-state index contributed by atoms with van der Waals surface area (Å²) in [6, 6.07) is 10.7. The zero-order valence-corrected chi connectivity index (χ0v) is 16.5. The Kier molecular flexibility index (Phi) is 5.55. The van der Waals surface area contributed by atoms with Gasteiger partial charge in [-0.3, -0.25) is 39.8 Å². The largest absolute Gasteiger partial charge is 0.424 e. The maximum atomic E-state index is 12.3. The third-order valence-corrected chi connectivity index (χ3v) is 4.55. The van der Waals surface area contributed by atoms with Crippen molar-refractivity contribution in [3.63, 3.8) is 0 Å². The summed E-state index contributed by atoms with van der Waals surface area (Å²) in [7, 11) is 0. The van der Waals surface area contributed by atoms with Crippen LogP contribution in [-0.2, 0) is 9.59 Å². The number of fused-ring (bicyclic) bond motifs is 2. The van der Waals surface area contributed by atoms with Gasteiger partial charge in [0.05, 0.1) is 20.6 Å². The number of carbonyl (C=O) groups excluding carboxylic acids is 2. The van der Waals surface area contributed by atoms with Gasteiger partial charge in [-0.1, -0.05) is 0 Å². The smallest absolute Gasteiger partial charge is 0.322 e. The lowest BCUT2D eigenvalue weighted by Gasteiger charge is -2.09. The van der Waals surface area contributed by atoms with E-state index in [1.165, 1.54) is 60.9 Å². The van der Waals surface area contributed by atoms with Crippen LogP contribution in [0.2, 0.25) is 0 Å². The molecule has 4 aromatic rings. The molecule has 0 fully saturated rings. The van der Waals surface area contributed by atoms with Crippen molar-refractivity contribution in [3.8, 4) is 11.5 Å². The normalized spacial score (nSPS) is 10.7.